The first-order valence-electron chi connectivity index (χ1n) is 5.42. The molecule has 1 aromatic carbocycles. The Labute approximate surface area is 99.5 Å². The third-order valence-corrected chi connectivity index (χ3v) is 2.37. The lowest BCUT2D eigenvalue weighted by atomic mass is 10.2. The Balaban J connectivity index is 2.24. The Morgan fingerprint density at radius 2 is 2.06 bits per heavy atom. The molecular formula is C12H15NO4. The van der Waals surface area contributed by atoms with Crippen LogP contribution < -0.4 is 0 Å². The monoisotopic (exact) mass is 237 g/mol. The van der Waals surface area contributed by atoms with Crippen molar-refractivity contribution in [3.05, 3.63) is 46.0 Å². The zero-order valence-corrected chi connectivity index (χ0v) is 9.67. The van der Waals surface area contributed by atoms with E-state index in [-0.39, 0.29) is 19.4 Å². The summed E-state index contributed by atoms with van der Waals surface area (Å²) in [5, 5.41) is 10.3. The average Bonchev–Trinajstić information content (AvgIpc) is 2.34. The Morgan fingerprint density at radius 3 is 2.65 bits per heavy atom. The predicted molar refractivity (Wildman–Crippen MR) is 61.9 cm³/mol. The average molecular weight is 237 g/mol. The molecule has 1 unspecified atom stereocenters. The lowest BCUT2D eigenvalue weighted by Gasteiger charge is -2.05. The van der Waals surface area contributed by atoms with Crippen molar-refractivity contribution >= 4 is 5.97 Å². The van der Waals surface area contributed by atoms with Crippen molar-refractivity contribution in [2.75, 3.05) is 0 Å². The lowest BCUT2D eigenvalue weighted by molar-refractivity contribution is -0.518. The molecule has 0 radical (unpaired) electrons. The van der Waals surface area contributed by atoms with Gasteiger partial charge < -0.3 is 4.74 Å². The quantitative estimate of drug-likeness (QED) is 0.432. The van der Waals surface area contributed by atoms with Crippen LogP contribution in [0.25, 0.3) is 0 Å². The number of benzene rings is 1. The minimum Gasteiger partial charge on any atom is -0.461 e. The fourth-order valence-corrected chi connectivity index (χ4v) is 1.24. The summed E-state index contributed by atoms with van der Waals surface area (Å²) in [7, 11) is 0. The summed E-state index contributed by atoms with van der Waals surface area (Å²) in [6, 6.07) is 8.60. The lowest BCUT2D eigenvalue weighted by Crippen LogP contribution is -2.17. The number of carbonyl (C=O) groups excluding carboxylic acids is 1. The number of nitrogens with zero attached hydrogens (tertiary/aromatic N) is 1. The fourth-order valence-electron chi connectivity index (χ4n) is 1.24. The summed E-state index contributed by atoms with van der Waals surface area (Å²) in [6.45, 7) is 1.69. The molecule has 0 saturated heterocycles. The van der Waals surface area contributed by atoms with Crippen molar-refractivity contribution in [3.8, 4) is 0 Å². The van der Waals surface area contributed by atoms with E-state index in [4.69, 9.17) is 4.74 Å². The van der Waals surface area contributed by atoms with E-state index in [9.17, 15) is 14.9 Å². The van der Waals surface area contributed by atoms with Crippen LogP contribution in [0, 0.1) is 10.1 Å². The molecule has 0 bridgehead atoms. The minimum absolute atomic E-state index is 0.0784. The van der Waals surface area contributed by atoms with Gasteiger partial charge in [-0.15, -0.1) is 0 Å². The molecule has 0 aliphatic rings. The molecule has 0 amide bonds. The number of hydrogen-bond donors (Lipinski definition) is 0. The van der Waals surface area contributed by atoms with Gasteiger partial charge in [0, 0.05) is 18.3 Å². The van der Waals surface area contributed by atoms with Gasteiger partial charge >= 0.3 is 5.97 Å². The van der Waals surface area contributed by atoms with E-state index in [2.05, 4.69) is 0 Å². The van der Waals surface area contributed by atoms with Gasteiger partial charge in [0.05, 0.1) is 6.42 Å². The highest BCUT2D eigenvalue weighted by Gasteiger charge is 2.15. The van der Waals surface area contributed by atoms with Crippen LogP contribution in [0.2, 0.25) is 0 Å². The molecule has 0 fully saturated rings. The van der Waals surface area contributed by atoms with Crippen LogP contribution in [0.3, 0.4) is 0 Å². The molecule has 0 heterocycles. The molecule has 0 spiro atoms. The molecule has 0 aromatic heterocycles. The summed E-state index contributed by atoms with van der Waals surface area (Å²) in [6.07, 6.45) is 0.287. The maximum atomic E-state index is 11.3. The van der Waals surface area contributed by atoms with Crippen LogP contribution >= 0.6 is 0 Å². The summed E-state index contributed by atoms with van der Waals surface area (Å²) in [4.78, 5) is 21.2. The van der Waals surface area contributed by atoms with E-state index in [1.54, 1.807) is 0 Å². The standard InChI is InChI=1S/C12H15NO4/c1-10(13(15)16)7-8-12(14)17-9-11-5-3-2-4-6-11/h2-6,10H,7-9H2,1H3. The Morgan fingerprint density at radius 1 is 1.41 bits per heavy atom. The van der Waals surface area contributed by atoms with E-state index in [0.717, 1.165) is 5.56 Å². The second-order valence-electron chi connectivity index (χ2n) is 3.82. The van der Waals surface area contributed by atoms with Crippen LogP contribution in [0.1, 0.15) is 25.3 Å². The van der Waals surface area contributed by atoms with E-state index in [1.165, 1.54) is 6.92 Å². The zero-order valence-electron chi connectivity index (χ0n) is 9.67. The molecule has 92 valence electrons. The summed E-state index contributed by atoms with van der Waals surface area (Å²) in [5.41, 5.74) is 0.906. The first-order chi connectivity index (χ1) is 8.09. The number of ether oxygens (including phenoxy) is 1. The van der Waals surface area contributed by atoms with Crippen LogP contribution in [0.15, 0.2) is 30.3 Å². The maximum absolute atomic E-state index is 11.3. The summed E-state index contributed by atoms with van der Waals surface area (Å²) in [5.74, 6) is -0.400. The summed E-state index contributed by atoms with van der Waals surface area (Å²) >= 11 is 0. The van der Waals surface area contributed by atoms with Gasteiger partial charge in [0.1, 0.15) is 6.61 Å². The van der Waals surface area contributed by atoms with Crippen LogP contribution in [-0.4, -0.2) is 16.9 Å². The first-order valence-corrected chi connectivity index (χ1v) is 5.42. The second kappa shape index (κ2) is 6.62. The van der Waals surface area contributed by atoms with Gasteiger partial charge in [-0.2, -0.15) is 0 Å². The topological polar surface area (TPSA) is 69.4 Å². The van der Waals surface area contributed by atoms with Gasteiger partial charge in [0.2, 0.25) is 6.04 Å². The second-order valence-corrected chi connectivity index (χ2v) is 3.82. The molecule has 0 aliphatic carbocycles. The van der Waals surface area contributed by atoms with Crippen molar-refractivity contribution < 1.29 is 14.5 Å². The highest BCUT2D eigenvalue weighted by molar-refractivity contribution is 5.69. The Kier molecular flexibility index (Phi) is 5.13. The van der Waals surface area contributed by atoms with E-state index in [1.807, 2.05) is 30.3 Å². The molecule has 1 aromatic rings. The largest absolute Gasteiger partial charge is 0.461 e. The van der Waals surface area contributed by atoms with Crippen molar-refractivity contribution in [1.29, 1.82) is 0 Å². The number of hydrogen-bond acceptors (Lipinski definition) is 4. The van der Waals surface area contributed by atoms with Gasteiger partial charge in [-0.05, 0) is 5.56 Å². The minimum atomic E-state index is -0.709. The molecule has 5 nitrogen and oxygen atoms in total. The van der Waals surface area contributed by atoms with Crippen LogP contribution in [-0.2, 0) is 16.1 Å². The fraction of sp³-hybridized carbons (Fsp3) is 0.417. The van der Waals surface area contributed by atoms with Gasteiger partial charge in [-0.3, -0.25) is 14.9 Å². The van der Waals surface area contributed by atoms with Gasteiger partial charge in [-0.1, -0.05) is 30.3 Å². The number of rotatable bonds is 6. The number of esters is 1. The van der Waals surface area contributed by atoms with E-state index in [0.29, 0.717) is 0 Å². The van der Waals surface area contributed by atoms with E-state index < -0.39 is 16.9 Å². The third-order valence-electron chi connectivity index (χ3n) is 2.37. The zero-order chi connectivity index (χ0) is 12.7. The maximum Gasteiger partial charge on any atom is 0.306 e. The molecule has 1 atom stereocenters. The summed E-state index contributed by atoms with van der Waals surface area (Å²) < 4.78 is 5.00. The van der Waals surface area contributed by atoms with Gasteiger partial charge in [0.15, 0.2) is 0 Å². The molecule has 17 heavy (non-hydrogen) atoms. The Hall–Kier alpha value is -1.91. The number of carbonyl (C=O) groups is 1. The predicted octanol–water partition coefficient (Wildman–Crippen LogP) is 2.18. The van der Waals surface area contributed by atoms with Crippen molar-refractivity contribution in [1.82, 2.24) is 0 Å². The highest BCUT2D eigenvalue weighted by Crippen LogP contribution is 2.05. The molecule has 0 N–H and O–H groups in total. The molecule has 0 aliphatic heterocycles. The van der Waals surface area contributed by atoms with Gasteiger partial charge in [-0.25, -0.2) is 0 Å². The highest BCUT2D eigenvalue weighted by atomic mass is 16.6. The van der Waals surface area contributed by atoms with Gasteiger partial charge in [0.25, 0.3) is 0 Å². The molecule has 0 saturated carbocycles. The third kappa shape index (κ3) is 5.10. The smallest absolute Gasteiger partial charge is 0.306 e. The molecule has 5 heteroatoms. The normalized spacial score (nSPS) is 11.8. The van der Waals surface area contributed by atoms with Crippen molar-refractivity contribution in [3.63, 3.8) is 0 Å². The van der Waals surface area contributed by atoms with E-state index >= 15 is 0 Å². The molecule has 1 rings (SSSR count). The van der Waals surface area contributed by atoms with Crippen LogP contribution in [0.5, 0.6) is 0 Å². The Bertz CT molecular complexity index is 377. The van der Waals surface area contributed by atoms with Crippen LogP contribution in [0.4, 0.5) is 0 Å². The SMILES string of the molecule is CC(CCC(=O)OCc1ccccc1)[N+](=O)[O-]. The number of nitro groups is 1. The van der Waals surface area contributed by atoms with Crippen molar-refractivity contribution in [2.24, 2.45) is 0 Å². The first kappa shape index (κ1) is 13.2. The van der Waals surface area contributed by atoms with Crippen molar-refractivity contribution in [2.45, 2.75) is 32.4 Å². The molecular weight excluding hydrogens is 222 g/mol.